The van der Waals surface area contributed by atoms with Crippen LogP contribution in [-0.4, -0.2) is 63.9 Å². The number of carbonyl (C=O) groups excluding carboxylic acids is 2. The summed E-state index contributed by atoms with van der Waals surface area (Å²) in [5.41, 5.74) is 3.19. The van der Waals surface area contributed by atoms with Gasteiger partial charge in [0.1, 0.15) is 5.69 Å². The number of hydrogen-bond acceptors (Lipinski definition) is 4. The van der Waals surface area contributed by atoms with Gasteiger partial charge in [-0.05, 0) is 30.9 Å². The van der Waals surface area contributed by atoms with Gasteiger partial charge in [-0.2, -0.15) is 0 Å². The number of nitrogens with zero attached hydrogens (tertiary/aromatic N) is 4. The molecule has 148 valence electrons. The predicted molar refractivity (Wildman–Crippen MR) is 106 cm³/mol. The Morgan fingerprint density at radius 3 is 2.82 bits per heavy atom. The lowest BCUT2D eigenvalue weighted by Gasteiger charge is -2.28. The third-order valence-corrected chi connectivity index (χ3v) is 5.63. The maximum atomic E-state index is 12.4. The molecule has 1 N–H and O–H groups in total. The van der Waals surface area contributed by atoms with E-state index < -0.39 is 0 Å². The summed E-state index contributed by atoms with van der Waals surface area (Å²) in [5, 5.41) is 2.94. The number of fused-ring (bicyclic) bond motifs is 2. The van der Waals surface area contributed by atoms with Crippen LogP contribution in [0.2, 0.25) is 0 Å². The molecule has 0 aliphatic carbocycles. The third-order valence-electron chi connectivity index (χ3n) is 5.63. The second kappa shape index (κ2) is 8.14. The van der Waals surface area contributed by atoms with Gasteiger partial charge < -0.3 is 14.8 Å². The zero-order valence-electron chi connectivity index (χ0n) is 16.4. The lowest BCUT2D eigenvalue weighted by molar-refractivity contribution is 0.0707. The molecular formula is C21H27N5O2. The summed E-state index contributed by atoms with van der Waals surface area (Å²) in [4.78, 5) is 33.2. The van der Waals surface area contributed by atoms with E-state index in [4.69, 9.17) is 0 Å². The van der Waals surface area contributed by atoms with Crippen molar-refractivity contribution < 1.29 is 9.59 Å². The molecule has 3 heterocycles. The highest BCUT2D eigenvalue weighted by Gasteiger charge is 2.27. The Kier molecular flexibility index (Phi) is 5.43. The van der Waals surface area contributed by atoms with Gasteiger partial charge in [0.2, 0.25) is 0 Å². The van der Waals surface area contributed by atoms with Crippen LogP contribution in [0, 0.1) is 0 Å². The first-order valence-electron chi connectivity index (χ1n) is 10.1. The third kappa shape index (κ3) is 3.80. The van der Waals surface area contributed by atoms with Crippen molar-refractivity contribution in [3.63, 3.8) is 0 Å². The maximum absolute atomic E-state index is 12.4. The fraction of sp³-hybridized carbons (Fsp3) is 0.476. The second-order valence-corrected chi connectivity index (χ2v) is 7.43. The standard InChI is InChI=1S/C21H27N5O2/c1-2-25-12-13-26-15-18(23-19(26)21(25)28)20(27)22-9-5-10-24-11-8-16-6-3-4-7-17(16)14-24/h3-4,6-7,15H,2,5,8-14H2,1H3,(H,22,27). The van der Waals surface area contributed by atoms with Crippen molar-refractivity contribution in [3.05, 3.63) is 53.1 Å². The number of hydrogen-bond donors (Lipinski definition) is 1. The van der Waals surface area contributed by atoms with Gasteiger partial charge in [-0.1, -0.05) is 24.3 Å². The maximum Gasteiger partial charge on any atom is 0.289 e. The molecule has 2 aliphatic rings. The minimum atomic E-state index is -0.207. The summed E-state index contributed by atoms with van der Waals surface area (Å²) in [6.07, 6.45) is 3.67. The first-order valence-corrected chi connectivity index (χ1v) is 10.1. The van der Waals surface area contributed by atoms with Crippen LogP contribution in [-0.2, 0) is 19.5 Å². The lowest BCUT2D eigenvalue weighted by atomic mass is 10.00. The van der Waals surface area contributed by atoms with Crippen molar-refractivity contribution in [3.8, 4) is 0 Å². The molecule has 1 aromatic heterocycles. The molecule has 7 heteroatoms. The number of likely N-dealkylation sites (N-methyl/N-ethyl adjacent to an activating group) is 1. The van der Waals surface area contributed by atoms with Crippen molar-refractivity contribution in [1.82, 2.24) is 24.7 Å². The smallest absolute Gasteiger partial charge is 0.289 e. The van der Waals surface area contributed by atoms with Gasteiger partial charge in [0.15, 0.2) is 5.82 Å². The number of nitrogens with one attached hydrogen (secondary N) is 1. The monoisotopic (exact) mass is 381 g/mol. The average Bonchev–Trinajstić information content (AvgIpc) is 3.17. The largest absolute Gasteiger partial charge is 0.351 e. The quantitative estimate of drug-likeness (QED) is 0.771. The minimum absolute atomic E-state index is 0.0989. The highest BCUT2D eigenvalue weighted by atomic mass is 16.2. The highest BCUT2D eigenvalue weighted by molar-refractivity contribution is 5.96. The molecule has 2 aliphatic heterocycles. The van der Waals surface area contributed by atoms with E-state index in [1.54, 1.807) is 15.7 Å². The summed E-state index contributed by atoms with van der Waals surface area (Å²) in [5.74, 6) is 0.0603. The summed E-state index contributed by atoms with van der Waals surface area (Å²) in [7, 11) is 0. The number of amides is 2. The van der Waals surface area contributed by atoms with E-state index in [1.165, 1.54) is 11.1 Å². The van der Waals surface area contributed by atoms with Crippen molar-refractivity contribution in [1.29, 1.82) is 0 Å². The fourth-order valence-corrected chi connectivity index (χ4v) is 3.98. The molecule has 0 radical (unpaired) electrons. The van der Waals surface area contributed by atoms with Crippen LogP contribution in [0.15, 0.2) is 30.5 Å². The molecule has 28 heavy (non-hydrogen) atoms. The molecule has 2 aromatic rings. The van der Waals surface area contributed by atoms with E-state index in [2.05, 4.69) is 39.5 Å². The lowest BCUT2D eigenvalue weighted by Crippen LogP contribution is -2.40. The SMILES string of the molecule is CCN1CCn2cc(C(=O)NCCCN3CCc4ccccc4C3)nc2C1=O. The van der Waals surface area contributed by atoms with E-state index in [9.17, 15) is 9.59 Å². The van der Waals surface area contributed by atoms with Gasteiger partial charge in [-0.3, -0.25) is 14.5 Å². The first-order chi connectivity index (χ1) is 13.7. The number of rotatable bonds is 6. The van der Waals surface area contributed by atoms with Crippen molar-refractivity contribution in [2.75, 3.05) is 32.7 Å². The van der Waals surface area contributed by atoms with E-state index in [0.29, 0.717) is 37.7 Å². The van der Waals surface area contributed by atoms with Crippen LogP contribution in [0.1, 0.15) is 45.6 Å². The van der Waals surface area contributed by atoms with Crippen LogP contribution >= 0.6 is 0 Å². The molecule has 2 amide bonds. The van der Waals surface area contributed by atoms with E-state index >= 15 is 0 Å². The van der Waals surface area contributed by atoms with Crippen LogP contribution in [0.3, 0.4) is 0 Å². The van der Waals surface area contributed by atoms with Crippen LogP contribution < -0.4 is 5.32 Å². The number of imidazole rings is 1. The normalized spacial score (nSPS) is 16.6. The topological polar surface area (TPSA) is 70.5 Å². The van der Waals surface area contributed by atoms with Crippen LogP contribution in [0.25, 0.3) is 0 Å². The van der Waals surface area contributed by atoms with E-state index in [1.807, 2.05) is 6.92 Å². The van der Waals surface area contributed by atoms with Gasteiger partial charge in [0.05, 0.1) is 0 Å². The molecule has 1 aromatic carbocycles. The van der Waals surface area contributed by atoms with Gasteiger partial charge >= 0.3 is 0 Å². The Labute approximate surface area is 165 Å². The van der Waals surface area contributed by atoms with Crippen LogP contribution in [0.4, 0.5) is 0 Å². The number of benzene rings is 1. The number of aromatic nitrogens is 2. The van der Waals surface area contributed by atoms with Gasteiger partial charge in [0, 0.05) is 52.0 Å². The first kappa shape index (κ1) is 18.7. The summed E-state index contributed by atoms with van der Waals surface area (Å²) in [6.45, 7) is 7.57. The van der Waals surface area contributed by atoms with Crippen LogP contribution in [0.5, 0.6) is 0 Å². The number of carbonyl (C=O) groups is 2. The average molecular weight is 381 g/mol. The Morgan fingerprint density at radius 1 is 1.18 bits per heavy atom. The van der Waals surface area contributed by atoms with Crippen molar-refractivity contribution in [2.45, 2.75) is 32.9 Å². The van der Waals surface area contributed by atoms with Gasteiger partial charge in [0.25, 0.3) is 11.8 Å². The highest BCUT2D eigenvalue weighted by Crippen LogP contribution is 2.18. The zero-order valence-corrected chi connectivity index (χ0v) is 16.4. The molecule has 7 nitrogen and oxygen atoms in total. The molecular weight excluding hydrogens is 354 g/mol. The molecule has 0 saturated heterocycles. The van der Waals surface area contributed by atoms with E-state index in [0.717, 1.165) is 32.5 Å². The Hall–Kier alpha value is -2.67. The molecule has 4 rings (SSSR count). The van der Waals surface area contributed by atoms with Crippen molar-refractivity contribution in [2.24, 2.45) is 0 Å². The fourth-order valence-electron chi connectivity index (χ4n) is 3.98. The molecule has 0 bridgehead atoms. The second-order valence-electron chi connectivity index (χ2n) is 7.43. The Bertz CT molecular complexity index is 875. The Balaban J connectivity index is 1.25. The Morgan fingerprint density at radius 2 is 2.00 bits per heavy atom. The molecule has 0 saturated carbocycles. The molecule has 0 spiro atoms. The molecule has 0 unspecified atom stereocenters. The van der Waals surface area contributed by atoms with Crippen molar-refractivity contribution >= 4 is 11.8 Å². The molecule has 0 atom stereocenters. The van der Waals surface area contributed by atoms with Gasteiger partial charge in [-0.15, -0.1) is 0 Å². The summed E-state index contributed by atoms with van der Waals surface area (Å²) in [6, 6.07) is 8.61. The summed E-state index contributed by atoms with van der Waals surface area (Å²) >= 11 is 0. The minimum Gasteiger partial charge on any atom is -0.351 e. The van der Waals surface area contributed by atoms with E-state index in [-0.39, 0.29) is 11.8 Å². The van der Waals surface area contributed by atoms with Gasteiger partial charge in [-0.25, -0.2) is 4.98 Å². The zero-order chi connectivity index (χ0) is 19.5. The molecule has 0 fully saturated rings. The summed E-state index contributed by atoms with van der Waals surface area (Å²) < 4.78 is 1.79. The predicted octanol–water partition coefficient (Wildman–Crippen LogP) is 1.54.